The fraction of sp³-hybridized carbons (Fsp3) is 0. The molecule has 0 aliphatic heterocycles. The third-order valence-electron chi connectivity index (χ3n) is 2.52. The maximum absolute atomic E-state index is 12.8. The van der Waals surface area contributed by atoms with Crippen molar-refractivity contribution in [2.24, 2.45) is 0 Å². The molecule has 5 nitrogen and oxygen atoms in total. The van der Waals surface area contributed by atoms with Gasteiger partial charge in [-0.15, -0.1) is 0 Å². The lowest BCUT2D eigenvalue weighted by Gasteiger charge is -2.09. The molecule has 0 saturated heterocycles. The number of carbonyl (C=O) groups is 1. The number of nitrogens with one attached hydrogen (secondary N) is 1. The molecule has 8 heteroatoms. The molecule has 0 saturated carbocycles. The van der Waals surface area contributed by atoms with Crippen molar-refractivity contribution < 1.29 is 22.7 Å². The lowest BCUT2D eigenvalue weighted by Crippen LogP contribution is -2.13. The van der Waals surface area contributed by atoms with Crippen LogP contribution in [0.1, 0.15) is 10.4 Å². The molecule has 0 aliphatic carbocycles. The Hall–Kier alpha value is -2.12. The highest BCUT2D eigenvalue weighted by Crippen LogP contribution is 2.22. The van der Waals surface area contributed by atoms with E-state index in [-0.39, 0.29) is 21.2 Å². The molecular weight excluding hydrogens is 321 g/mol. The summed E-state index contributed by atoms with van der Waals surface area (Å²) in [5, 5.41) is 8.98. The van der Waals surface area contributed by atoms with Gasteiger partial charge in [0.2, 0.25) is 0 Å². The van der Waals surface area contributed by atoms with Crippen LogP contribution in [-0.2, 0) is 10.0 Å². The monoisotopic (exact) mass is 329 g/mol. The molecule has 2 aromatic carbocycles. The molecule has 0 atom stereocenters. The van der Waals surface area contributed by atoms with Crippen LogP contribution in [0.15, 0.2) is 47.4 Å². The van der Waals surface area contributed by atoms with Gasteiger partial charge in [-0.3, -0.25) is 4.72 Å². The van der Waals surface area contributed by atoms with E-state index >= 15 is 0 Å². The molecular formula is C13H9ClFNO4S. The number of sulfonamides is 1. The largest absolute Gasteiger partial charge is 0.478 e. The van der Waals surface area contributed by atoms with Crippen LogP contribution in [0.2, 0.25) is 5.02 Å². The maximum Gasteiger partial charge on any atom is 0.335 e. The Morgan fingerprint density at radius 2 is 1.76 bits per heavy atom. The lowest BCUT2D eigenvalue weighted by molar-refractivity contribution is 0.0697. The molecule has 0 heterocycles. The van der Waals surface area contributed by atoms with Gasteiger partial charge in [0.1, 0.15) is 5.82 Å². The van der Waals surface area contributed by atoms with Gasteiger partial charge in [0.15, 0.2) is 0 Å². The average Bonchev–Trinajstić information content (AvgIpc) is 2.37. The van der Waals surface area contributed by atoms with Crippen LogP contribution in [-0.4, -0.2) is 19.5 Å². The zero-order valence-corrected chi connectivity index (χ0v) is 12.0. The molecule has 21 heavy (non-hydrogen) atoms. The predicted octanol–water partition coefficient (Wildman–Crippen LogP) is 2.98. The number of hydrogen-bond donors (Lipinski definition) is 2. The molecule has 2 N–H and O–H groups in total. The van der Waals surface area contributed by atoms with Crippen molar-refractivity contribution in [2.45, 2.75) is 4.90 Å². The van der Waals surface area contributed by atoms with Crippen LogP contribution in [0.25, 0.3) is 0 Å². The first-order valence-electron chi connectivity index (χ1n) is 5.60. The molecule has 2 rings (SSSR count). The first-order chi connectivity index (χ1) is 9.78. The van der Waals surface area contributed by atoms with Crippen molar-refractivity contribution >= 4 is 33.3 Å². The summed E-state index contributed by atoms with van der Waals surface area (Å²) in [5.74, 6) is -1.80. The first kappa shape index (κ1) is 15.3. The van der Waals surface area contributed by atoms with Crippen molar-refractivity contribution in [1.82, 2.24) is 0 Å². The van der Waals surface area contributed by atoms with Crippen molar-refractivity contribution in [3.05, 3.63) is 58.9 Å². The molecule has 0 unspecified atom stereocenters. The fourth-order valence-corrected chi connectivity index (χ4v) is 2.88. The van der Waals surface area contributed by atoms with Gasteiger partial charge >= 0.3 is 5.97 Å². The second-order valence-corrected chi connectivity index (χ2v) is 6.21. The van der Waals surface area contributed by atoms with Crippen molar-refractivity contribution in [2.75, 3.05) is 4.72 Å². The van der Waals surface area contributed by atoms with Gasteiger partial charge in [0.05, 0.1) is 16.1 Å². The normalized spacial score (nSPS) is 11.1. The lowest BCUT2D eigenvalue weighted by atomic mass is 10.2. The Labute approximate surface area is 125 Å². The summed E-state index contributed by atoms with van der Waals surface area (Å²) in [5.41, 5.74) is -0.150. The minimum Gasteiger partial charge on any atom is -0.478 e. The molecule has 0 bridgehead atoms. The van der Waals surface area contributed by atoms with Crippen LogP contribution in [0, 0.1) is 5.82 Å². The SMILES string of the molecule is O=C(O)c1cc(Cl)cc(NS(=O)(=O)c2ccc(F)cc2)c1. The first-order valence-corrected chi connectivity index (χ1v) is 7.46. The van der Waals surface area contributed by atoms with E-state index in [1.165, 1.54) is 12.1 Å². The molecule has 0 aromatic heterocycles. The Morgan fingerprint density at radius 3 is 2.33 bits per heavy atom. The fourth-order valence-electron chi connectivity index (χ4n) is 1.60. The van der Waals surface area contributed by atoms with Crippen molar-refractivity contribution in [1.29, 1.82) is 0 Å². The number of benzene rings is 2. The standard InChI is InChI=1S/C13H9ClFNO4S/c14-9-5-8(13(17)18)6-11(7-9)16-21(19,20)12-3-1-10(15)2-4-12/h1-7,16H,(H,17,18). The van der Waals surface area contributed by atoms with Crippen LogP contribution in [0.3, 0.4) is 0 Å². The summed E-state index contributed by atoms with van der Waals surface area (Å²) in [6, 6.07) is 7.81. The van der Waals surface area contributed by atoms with E-state index in [0.29, 0.717) is 0 Å². The Balaban J connectivity index is 2.36. The minimum atomic E-state index is -3.96. The summed E-state index contributed by atoms with van der Waals surface area (Å²) in [6.07, 6.45) is 0. The highest BCUT2D eigenvalue weighted by Gasteiger charge is 2.16. The van der Waals surface area contributed by atoms with E-state index in [1.807, 2.05) is 0 Å². The van der Waals surface area contributed by atoms with E-state index in [1.54, 1.807) is 0 Å². The van der Waals surface area contributed by atoms with E-state index < -0.39 is 21.8 Å². The third kappa shape index (κ3) is 3.71. The second kappa shape index (κ2) is 5.71. The highest BCUT2D eigenvalue weighted by molar-refractivity contribution is 7.92. The molecule has 0 radical (unpaired) electrons. The Kier molecular flexibility index (Phi) is 4.15. The number of anilines is 1. The van der Waals surface area contributed by atoms with Gasteiger partial charge in [0.25, 0.3) is 10.0 Å². The minimum absolute atomic E-state index is 0.00391. The van der Waals surface area contributed by atoms with Gasteiger partial charge in [-0.05, 0) is 42.5 Å². The van der Waals surface area contributed by atoms with E-state index in [0.717, 1.165) is 30.3 Å². The highest BCUT2D eigenvalue weighted by atomic mass is 35.5. The van der Waals surface area contributed by atoms with E-state index in [2.05, 4.69) is 4.72 Å². The molecule has 2 aromatic rings. The molecule has 110 valence electrons. The number of hydrogen-bond acceptors (Lipinski definition) is 3. The van der Waals surface area contributed by atoms with Gasteiger partial charge in [0, 0.05) is 5.02 Å². The smallest absolute Gasteiger partial charge is 0.335 e. The van der Waals surface area contributed by atoms with Crippen LogP contribution >= 0.6 is 11.6 Å². The topological polar surface area (TPSA) is 83.5 Å². The summed E-state index contributed by atoms with van der Waals surface area (Å²) in [7, 11) is -3.96. The molecule has 0 spiro atoms. The van der Waals surface area contributed by atoms with E-state index in [4.69, 9.17) is 16.7 Å². The number of halogens is 2. The molecule has 0 fully saturated rings. The van der Waals surface area contributed by atoms with Crippen molar-refractivity contribution in [3.63, 3.8) is 0 Å². The quantitative estimate of drug-likeness (QED) is 0.903. The summed E-state index contributed by atoms with van der Waals surface area (Å²) < 4.78 is 39.2. The Bertz CT molecular complexity index is 790. The van der Waals surface area contributed by atoms with Crippen LogP contribution < -0.4 is 4.72 Å². The van der Waals surface area contributed by atoms with Gasteiger partial charge in [-0.25, -0.2) is 17.6 Å². The molecule has 0 aliphatic rings. The van der Waals surface area contributed by atoms with Crippen molar-refractivity contribution in [3.8, 4) is 0 Å². The maximum atomic E-state index is 12.8. The summed E-state index contributed by atoms with van der Waals surface area (Å²) in [4.78, 5) is 10.7. The number of carboxylic acids is 1. The number of rotatable bonds is 4. The van der Waals surface area contributed by atoms with Gasteiger partial charge in [-0.2, -0.15) is 0 Å². The Morgan fingerprint density at radius 1 is 1.14 bits per heavy atom. The van der Waals surface area contributed by atoms with Crippen LogP contribution in [0.5, 0.6) is 0 Å². The van der Waals surface area contributed by atoms with Crippen LogP contribution in [0.4, 0.5) is 10.1 Å². The summed E-state index contributed by atoms with van der Waals surface area (Å²) >= 11 is 5.74. The van der Waals surface area contributed by atoms with Gasteiger partial charge in [-0.1, -0.05) is 11.6 Å². The zero-order valence-electron chi connectivity index (χ0n) is 10.4. The average molecular weight is 330 g/mol. The number of aromatic carboxylic acids is 1. The predicted molar refractivity (Wildman–Crippen MR) is 75.6 cm³/mol. The summed E-state index contributed by atoms with van der Waals surface area (Å²) in [6.45, 7) is 0. The number of carboxylic acid groups (broad SMARTS) is 1. The zero-order chi connectivity index (χ0) is 15.6. The molecule has 0 amide bonds. The van der Waals surface area contributed by atoms with E-state index in [9.17, 15) is 17.6 Å². The van der Waals surface area contributed by atoms with Gasteiger partial charge < -0.3 is 5.11 Å². The third-order valence-corrected chi connectivity index (χ3v) is 4.14. The second-order valence-electron chi connectivity index (χ2n) is 4.09.